The Kier molecular flexibility index (Phi) is 9.65. The highest BCUT2D eigenvalue weighted by atomic mass is 35.5. The Morgan fingerprint density at radius 1 is 1.06 bits per heavy atom. The van der Waals surface area contributed by atoms with Gasteiger partial charge in [-0.2, -0.15) is 0 Å². The molecule has 190 valence electrons. The maximum absolute atomic E-state index is 13.2. The topological polar surface area (TPSA) is 61.9 Å². The standard InChI is InChI=1S/C29H33N3O3.ClH/c1-4-32(16-17-35-3)20-24-18-23(11-14-26(24)21-8-6-5-7-9-21)29(34)30-25-13-10-22-12-15-28(33)31(2)27(22)19-25;/h5-11,13-14,18-19H,4,12,15-17,20H2,1-3H3,(H,30,34);1H. The highest BCUT2D eigenvalue weighted by Crippen LogP contribution is 2.30. The van der Waals surface area contributed by atoms with Gasteiger partial charge in [0.25, 0.3) is 5.91 Å². The van der Waals surface area contributed by atoms with Crippen molar-refractivity contribution < 1.29 is 14.3 Å². The lowest BCUT2D eigenvalue weighted by molar-refractivity contribution is -0.118. The van der Waals surface area contributed by atoms with Crippen LogP contribution in [0.1, 0.15) is 34.8 Å². The lowest BCUT2D eigenvalue weighted by Gasteiger charge is -2.26. The van der Waals surface area contributed by atoms with Gasteiger partial charge in [-0.1, -0.05) is 49.4 Å². The monoisotopic (exact) mass is 507 g/mol. The molecule has 0 spiro atoms. The molecule has 1 aliphatic rings. The molecular weight excluding hydrogens is 474 g/mol. The Morgan fingerprint density at radius 2 is 1.83 bits per heavy atom. The summed E-state index contributed by atoms with van der Waals surface area (Å²) in [5.74, 6) is -0.0772. The van der Waals surface area contributed by atoms with Gasteiger partial charge in [0.15, 0.2) is 0 Å². The molecule has 1 N–H and O–H groups in total. The number of hydrogen-bond acceptors (Lipinski definition) is 4. The number of amides is 2. The zero-order valence-electron chi connectivity index (χ0n) is 21.1. The number of carbonyl (C=O) groups excluding carboxylic acids is 2. The van der Waals surface area contributed by atoms with Crippen LogP contribution in [0.2, 0.25) is 0 Å². The second-order valence-electron chi connectivity index (χ2n) is 8.85. The first-order chi connectivity index (χ1) is 17.0. The van der Waals surface area contributed by atoms with Gasteiger partial charge in [0, 0.05) is 50.6 Å². The highest BCUT2D eigenvalue weighted by Gasteiger charge is 2.21. The summed E-state index contributed by atoms with van der Waals surface area (Å²) in [5, 5.41) is 3.02. The largest absolute Gasteiger partial charge is 0.383 e. The smallest absolute Gasteiger partial charge is 0.255 e. The van der Waals surface area contributed by atoms with Gasteiger partial charge in [0.05, 0.1) is 6.61 Å². The minimum Gasteiger partial charge on any atom is -0.383 e. The van der Waals surface area contributed by atoms with Crippen LogP contribution in [0, 0.1) is 0 Å². The number of benzene rings is 3. The van der Waals surface area contributed by atoms with E-state index < -0.39 is 0 Å². The number of anilines is 2. The minimum atomic E-state index is -0.171. The quantitative estimate of drug-likeness (QED) is 0.421. The molecule has 0 radical (unpaired) electrons. The van der Waals surface area contributed by atoms with Crippen molar-refractivity contribution in [2.45, 2.75) is 26.3 Å². The molecule has 2 amide bonds. The van der Waals surface area contributed by atoms with E-state index in [9.17, 15) is 9.59 Å². The first kappa shape index (κ1) is 27.4. The molecule has 0 saturated carbocycles. The van der Waals surface area contributed by atoms with Gasteiger partial charge in [-0.3, -0.25) is 14.5 Å². The van der Waals surface area contributed by atoms with Gasteiger partial charge in [-0.05, 0) is 59.5 Å². The third-order valence-corrected chi connectivity index (χ3v) is 6.59. The van der Waals surface area contributed by atoms with Crippen molar-refractivity contribution in [3.8, 4) is 11.1 Å². The third kappa shape index (κ3) is 6.32. The predicted octanol–water partition coefficient (Wildman–Crippen LogP) is 5.41. The molecule has 6 nitrogen and oxygen atoms in total. The fraction of sp³-hybridized carbons (Fsp3) is 0.310. The lowest BCUT2D eigenvalue weighted by atomic mass is 9.96. The fourth-order valence-electron chi connectivity index (χ4n) is 4.49. The molecule has 1 heterocycles. The SMILES string of the molecule is CCN(CCOC)Cc1cc(C(=O)Nc2ccc3c(c2)N(C)C(=O)CC3)ccc1-c1ccccc1.Cl. The van der Waals surface area contributed by atoms with E-state index in [1.165, 1.54) is 0 Å². The number of fused-ring (bicyclic) bond motifs is 1. The van der Waals surface area contributed by atoms with Gasteiger partial charge in [-0.25, -0.2) is 0 Å². The third-order valence-electron chi connectivity index (χ3n) is 6.59. The zero-order valence-corrected chi connectivity index (χ0v) is 21.9. The molecule has 7 heteroatoms. The van der Waals surface area contributed by atoms with Crippen molar-refractivity contribution in [2.75, 3.05) is 44.1 Å². The number of halogens is 1. The molecule has 0 bridgehead atoms. The molecule has 0 saturated heterocycles. The summed E-state index contributed by atoms with van der Waals surface area (Å²) in [5.41, 5.74) is 6.60. The lowest BCUT2D eigenvalue weighted by Crippen LogP contribution is -2.31. The number of rotatable bonds is 9. The van der Waals surface area contributed by atoms with E-state index >= 15 is 0 Å². The van der Waals surface area contributed by atoms with E-state index in [0.29, 0.717) is 24.3 Å². The van der Waals surface area contributed by atoms with Crippen LogP contribution in [-0.4, -0.2) is 50.6 Å². The molecule has 3 aromatic carbocycles. The first-order valence-electron chi connectivity index (χ1n) is 12.1. The number of nitrogens with zero attached hydrogens (tertiary/aromatic N) is 2. The number of likely N-dealkylation sites (N-methyl/N-ethyl adjacent to an activating group) is 1. The molecule has 3 aromatic rings. The summed E-state index contributed by atoms with van der Waals surface area (Å²) in [6.07, 6.45) is 1.25. The molecule has 0 aromatic heterocycles. The summed E-state index contributed by atoms with van der Waals surface area (Å²) < 4.78 is 5.28. The fourth-order valence-corrected chi connectivity index (χ4v) is 4.49. The van der Waals surface area contributed by atoms with Crippen LogP contribution < -0.4 is 10.2 Å². The molecule has 0 atom stereocenters. The van der Waals surface area contributed by atoms with E-state index in [1.54, 1.807) is 19.1 Å². The Balaban J connectivity index is 0.00000361. The first-order valence-corrected chi connectivity index (χ1v) is 12.1. The Morgan fingerprint density at radius 3 is 2.56 bits per heavy atom. The normalized spacial score (nSPS) is 12.8. The maximum atomic E-state index is 13.2. The van der Waals surface area contributed by atoms with Crippen LogP contribution in [0.5, 0.6) is 0 Å². The highest BCUT2D eigenvalue weighted by molar-refractivity contribution is 6.05. The van der Waals surface area contributed by atoms with E-state index in [0.717, 1.165) is 54.0 Å². The van der Waals surface area contributed by atoms with E-state index in [-0.39, 0.29) is 24.2 Å². The summed E-state index contributed by atoms with van der Waals surface area (Å²) in [7, 11) is 3.49. The number of methoxy groups -OCH3 is 1. The molecule has 0 fully saturated rings. The average molecular weight is 508 g/mol. The van der Waals surface area contributed by atoms with Crippen LogP contribution in [-0.2, 0) is 22.5 Å². The summed E-state index contributed by atoms with van der Waals surface area (Å²) in [6, 6.07) is 21.9. The second kappa shape index (κ2) is 12.7. The van der Waals surface area contributed by atoms with E-state index in [1.807, 2.05) is 54.6 Å². The molecular formula is C29H34ClN3O3. The number of aryl methyl sites for hydroxylation is 1. The van der Waals surface area contributed by atoms with Crippen molar-refractivity contribution in [1.29, 1.82) is 0 Å². The molecule has 36 heavy (non-hydrogen) atoms. The van der Waals surface area contributed by atoms with Crippen LogP contribution in [0.25, 0.3) is 11.1 Å². The van der Waals surface area contributed by atoms with Gasteiger partial charge < -0.3 is 15.0 Å². The molecule has 4 rings (SSSR count). The molecule has 1 aliphatic heterocycles. The van der Waals surface area contributed by atoms with Crippen LogP contribution in [0.4, 0.5) is 11.4 Å². The van der Waals surface area contributed by atoms with Crippen LogP contribution >= 0.6 is 12.4 Å². The van der Waals surface area contributed by atoms with Crippen LogP contribution in [0.15, 0.2) is 66.7 Å². The number of hydrogen-bond donors (Lipinski definition) is 1. The Bertz CT molecular complexity index is 1200. The molecule has 0 unspecified atom stereocenters. The summed E-state index contributed by atoms with van der Waals surface area (Å²) in [6.45, 7) is 5.21. The van der Waals surface area contributed by atoms with Crippen LogP contribution in [0.3, 0.4) is 0 Å². The number of nitrogens with one attached hydrogen (secondary N) is 1. The number of ether oxygens (including phenoxy) is 1. The van der Waals surface area contributed by atoms with Gasteiger partial charge in [-0.15, -0.1) is 12.4 Å². The minimum absolute atomic E-state index is 0. The second-order valence-corrected chi connectivity index (χ2v) is 8.85. The van der Waals surface area contributed by atoms with Crippen molar-refractivity contribution in [3.05, 3.63) is 83.4 Å². The van der Waals surface area contributed by atoms with E-state index in [4.69, 9.17) is 4.74 Å². The van der Waals surface area contributed by atoms with Crippen molar-refractivity contribution in [1.82, 2.24) is 4.90 Å². The van der Waals surface area contributed by atoms with Gasteiger partial charge >= 0.3 is 0 Å². The zero-order chi connectivity index (χ0) is 24.8. The summed E-state index contributed by atoms with van der Waals surface area (Å²) >= 11 is 0. The van der Waals surface area contributed by atoms with Crippen molar-refractivity contribution >= 4 is 35.6 Å². The Hall–Kier alpha value is -3.19. The average Bonchev–Trinajstić information content (AvgIpc) is 2.89. The van der Waals surface area contributed by atoms with Crippen molar-refractivity contribution in [2.24, 2.45) is 0 Å². The molecule has 0 aliphatic carbocycles. The summed E-state index contributed by atoms with van der Waals surface area (Å²) in [4.78, 5) is 29.3. The van der Waals surface area contributed by atoms with Crippen molar-refractivity contribution in [3.63, 3.8) is 0 Å². The predicted molar refractivity (Wildman–Crippen MR) is 148 cm³/mol. The van der Waals surface area contributed by atoms with Gasteiger partial charge in [0.2, 0.25) is 5.91 Å². The Labute approximate surface area is 219 Å². The maximum Gasteiger partial charge on any atom is 0.255 e. The number of carbonyl (C=O) groups is 2. The van der Waals surface area contributed by atoms with E-state index in [2.05, 4.69) is 29.3 Å². The van der Waals surface area contributed by atoms with Gasteiger partial charge in [0.1, 0.15) is 0 Å².